The summed E-state index contributed by atoms with van der Waals surface area (Å²) in [6.45, 7) is 3.43. The lowest BCUT2D eigenvalue weighted by atomic mass is 10.1. The molecule has 4 heteroatoms. The van der Waals surface area contributed by atoms with Gasteiger partial charge in [-0.25, -0.2) is 8.78 Å². The van der Waals surface area contributed by atoms with Crippen LogP contribution in [-0.4, -0.2) is 29.8 Å². The predicted molar refractivity (Wildman–Crippen MR) is 48.0 cm³/mol. The lowest BCUT2D eigenvalue weighted by molar-refractivity contribution is -0.133. The van der Waals surface area contributed by atoms with Crippen molar-refractivity contribution < 1.29 is 13.6 Å². The van der Waals surface area contributed by atoms with E-state index in [1.165, 1.54) is 0 Å². The van der Waals surface area contributed by atoms with Gasteiger partial charge in [0.1, 0.15) is 5.92 Å². The number of rotatable bonds is 2. The van der Waals surface area contributed by atoms with E-state index in [0.29, 0.717) is 19.0 Å². The summed E-state index contributed by atoms with van der Waals surface area (Å²) in [5.41, 5.74) is 0. The van der Waals surface area contributed by atoms with E-state index in [2.05, 4.69) is 6.92 Å². The number of carbonyl (C=O) groups is 1. The maximum Gasteiger partial charge on any atom is 0.260 e. The molecule has 80 valence electrons. The molecule has 2 unspecified atom stereocenters. The van der Waals surface area contributed by atoms with Crippen LogP contribution in [0.25, 0.3) is 0 Å². The van der Waals surface area contributed by atoms with Crippen molar-refractivity contribution in [3.8, 4) is 0 Å². The zero-order valence-electron chi connectivity index (χ0n) is 8.30. The molecule has 2 atom stereocenters. The van der Waals surface area contributed by atoms with E-state index in [1.807, 2.05) is 0 Å². The number of hydrogen-bond donors (Lipinski definition) is 0. The second kappa shape index (κ2) is 3.17. The summed E-state index contributed by atoms with van der Waals surface area (Å²) in [5.74, 6) is -3.52. The van der Waals surface area contributed by atoms with Crippen LogP contribution < -0.4 is 0 Å². The average Bonchev–Trinajstić information content (AvgIpc) is 2.64. The molecule has 14 heavy (non-hydrogen) atoms. The van der Waals surface area contributed by atoms with Crippen molar-refractivity contribution in [2.45, 2.75) is 32.1 Å². The predicted octanol–water partition coefficient (Wildman–Crippen LogP) is 1.90. The standard InChI is InChI=1S/C10H15F2NO/c1-2-7-3-4-13(6-7)9(14)8-5-10(8,11)12/h7-8H,2-6H2,1H3. The zero-order valence-corrected chi connectivity index (χ0v) is 8.30. The van der Waals surface area contributed by atoms with Crippen LogP contribution in [-0.2, 0) is 4.79 Å². The Labute approximate surface area is 82.3 Å². The van der Waals surface area contributed by atoms with Gasteiger partial charge >= 0.3 is 0 Å². The smallest absolute Gasteiger partial charge is 0.260 e. The molecule has 0 aromatic heterocycles. The van der Waals surface area contributed by atoms with Gasteiger partial charge in [0.15, 0.2) is 0 Å². The Kier molecular flexibility index (Phi) is 2.24. The average molecular weight is 203 g/mol. The van der Waals surface area contributed by atoms with Crippen molar-refractivity contribution >= 4 is 5.91 Å². The van der Waals surface area contributed by atoms with Gasteiger partial charge in [0.05, 0.1) is 0 Å². The topological polar surface area (TPSA) is 20.3 Å². The maximum atomic E-state index is 12.6. The summed E-state index contributed by atoms with van der Waals surface area (Å²) >= 11 is 0. The fraction of sp³-hybridized carbons (Fsp3) is 0.900. The van der Waals surface area contributed by atoms with Gasteiger partial charge in [-0.3, -0.25) is 4.79 Å². The Bertz CT molecular complexity index is 255. The van der Waals surface area contributed by atoms with Crippen LogP contribution in [0, 0.1) is 11.8 Å². The molecule has 0 N–H and O–H groups in total. The lowest BCUT2D eigenvalue weighted by Gasteiger charge is -2.15. The summed E-state index contributed by atoms with van der Waals surface area (Å²) in [6, 6.07) is 0. The number of likely N-dealkylation sites (tertiary alicyclic amines) is 1. The number of halogens is 2. The van der Waals surface area contributed by atoms with Crippen molar-refractivity contribution in [2.75, 3.05) is 13.1 Å². The van der Waals surface area contributed by atoms with Gasteiger partial charge in [-0.1, -0.05) is 13.3 Å². The second-order valence-corrected chi connectivity index (χ2v) is 4.36. The fourth-order valence-electron chi connectivity index (χ4n) is 2.07. The van der Waals surface area contributed by atoms with E-state index in [1.54, 1.807) is 4.90 Å². The molecule has 0 aromatic carbocycles. The highest BCUT2D eigenvalue weighted by Crippen LogP contribution is 2.49. The number of amides is 1. The molecule has 0 radical (unpaired) electrons. The minimum absolute atomic E-state index is 0.237. The molecular formula is C10H15F2NO. The zero-order chi connectivity index (χ0) is 10.3. The molecule has 1 amide bonds. The first-order valence-corrected chi connectivity index (χ1v) is 5.21. The van der Waals surface area contributed by atoms with Crippen LogP contribution in [0.4, 0.5) is 8.78 Å². The van der Waals surface area contributed by atoms with Gasteiger partial charge in [0.2, 0.25) is 5.91 Å². The van der Waals surface area contributed by atoms with Gasteiger partial charge in [0, 0.05) is 19.5 Å². The van der Waals surface area contributed by atoms with Crippen molar-refractivity contribution in [1.82, 2.24) is 4.90 Å². The third kappa shape index (κ3) is 1.62. The van der Waals surface area contributed by atoms with Crippen LogP contribution in [0.2, 0.25) is 0 Å². The van der Waals surface area contributed by atoms with Crippen LogP contribution in [0.5, 0.6) is 0 Å². The molecule has 2 aliphatic rings. The van der Waals surface area contributed by atoms with Crippen molar-refractivity contribution in [1.29, 1.82) is 0 Å². The van der Waals surface area contributed by atoms with Crippen LogP contribution in [0.3, 0.4) is 0 Å². The highest BCUT2D eigenvalue weighted by molar-refractivity contribution is 5.83. The Morgan fingerprint density at radius 3 is 2.64 bits per heavy atom. The van der Waals surface area contributed by atoms with E-state index in [0.717, 1.165) is 12.8 Å². The second-order valence-electron chi connectivity index (χ2n) is 4.36. The molecule has 1 saturated carbocycles. The fourth-order valence-corrected chi connectivity index (χ4v) is 2.07. The minimum atomic E-state index is -2.71. The van der Waals surface area contributed by atoms with Crippen molar-refractivity contribution in [3.63, 3.8) is 0 Å². The minimum Gasteiger partial charge on any atom is -0.342 e. The molecule has 1 saturated heterocycles. The summed E-state index contributed by atoms with van der Waals surface area (Å²) in [6.07, 6.45) is 1.77. The third-order valence-electron chi connectivity index (χ3n) is 3.30. The molecule has 2 nitrogen and oxygen atoms in total. The summed E-state index contributed by atoms with van der Waals surface area (Å²) in [7, 11) is 0. The number of nitrogens with zero attached hydrogens (tertiary/aromatic N) is 1. The number of alkyl halides is 2. The van der Waals surface area contributed by atoms with Crippen LogP contribution in [0.1, 0.15) is 26.2 Å². The molecular weight excluding hydrogens is 188 g/mol. The molecule has 0 spiro atoms. The van der Waals surface area contributed by atoms with Crippen LogP contribution >= 0.6 is 0 Å². The molecule has 1 aliphatic heterocycles. The summed E-state index contributed by atoms with van der Waals surface area (Å²) in [4.78, 5) is 13.1. The normalized spacial score (nSPS) is 34.6. The lowest BCUT2D eigenvalue weighted by Crippen LogP contribution is -2.31. The number of carbonyl (C=O) groups excluding carboxylic acids is 1. The Balaban J connectivity index is 1.89. The molecule has 2 rings (SSSR count). The van der Waals surface area contributed by atoms with E-state index in [4.69, 9.17) is 0 Å². The molecule has 1 heterocycles. The van der Waals surface area contributed by atoms with Gasteiger partial charge in [-0.15, -0.1) is 0 Å². The largest absolute Gasteiger partial charge is 0.342 e. The van der Waals surface area contributed by atoms with E-state index in [-0.39, 0.29) is 12.3 Å². The Hall–Kier alpha value is -0.670. The van der Waals surface area contributed by atoms with Crippen LogP contribution in [0.15, 0.2) is 0 Å². The van der Waals surface area contributed by atoms with Gasteiger partial charge in [0.25, 0.3) is 5.92 Å². The molecule has 2 fully saturated rings. The van der Waals surface area contributed by atoms with E-state index >= 15 is 0 Å². The Morgan fingerprint density at radius 1 is 1.57 bits per heavy atom. The highest BCUT2D eigenvalue weighted by atomic mass is 19.3. The first kappa shape index (κ1) is 9.87. The number of hydrogen-bond acceptors (Lipinski definition) is 1. The van der Waals surface area contributed by atoms with E-state index < -0.39 is 11.8 Å². The first-order valence-electron chi connectivity index (χ1n) is 5.21. The quantitative estimate of drug-likeness (QED) is 0.671. The van der Waals surface area contributed by atoms with Gasteiger partial charge in [-0.05, 0) is 12.3 Å². The third-order valence-corrected chi connectivity index (χ3v) is 3.30. The first-order chi connectivity index (χ1) is 6.54. The molecule has 1 aliphatic carbocycles. The summed E-state index contributed by atoms with van der Waals surface area (Å²) < 4.78 is 25.3. The maximum absolute atomic E-state index is 12.6. The van der Waals surface area contributed by atoms with E-state index in [9.17, 15) is 13.6 Å². The van der Waals surface area contributed by atoms with Gasteiger partial charge in [-0.2, -0.15) is 0 Å². The van der Waals surface area contributed by atoms with Crippen molar-refractivity contribution in [2.24, 2.45) is 11.8 Å². The molecule has 0 bridgehead atoms. The van der Waals surface area contributed by atoms with Crippen molar-refractivity contribution in [3.05, 3.63) is 0 Å². The highest BCUT2D eigenvalue weighted by Gasteiger charge is 2.62. The SMILES string of the molecule is CCC1CCN(C(=O)C2CC2(F)F)C1. The Morgan fingerprint density at radius 2 is 2.21 bits per heavy atom. The summed E-state index contributed by atoms with van der Waals surface area (Å²) in [5, 5.41) is 0. The monoisotopic (exact) mass is 203 g/mol. The van der Waals surface area contributed by atoms with Gasteiger partial charge < -0.3 is 4.90 Å². The molecule has 0 aromatic rings.